The number of ketones is 1. The molecule has 0 aliphatic heterocycles. The summed E-state index contributed by atoms with van der Waals surface area (Å²) in [6, 6.07) is 0. The van der Waals surface area contributed by atoms with Crippen LogP contribution in [0.15, 0.2) is 0 Å². The van der Waals surface area contributed by atoms with Gasteiger partial charge < -0.3 is 0 Å². The molecule has 0 spiro atoms. The summed E-state index contributed by atoms with van der Waals surface area (Å²) in [5, 5.41) is 0. The van der Waals surface area contributed by atoms with Gasteiger partial charge in [0.1, 0.15) is 0 Å². The van der Waals surface area contributed by atoms with Crippen molar-refractivity contribution in [1.82, 2.24) is 0 Å². The normalized spacial score (nSPS) is 8.33. The van der Waals surface area contributed by atoms with E-state index in [4.69, 9.17) is 0 Å². The molecule has 0 heterocycles. The molecular weight excluding hydrogens is 183 g/mol. The first-order chi connectivity index (χ1) is 2.77. The molecule has 0 bridgehead atoms. The van der Waals surface area contributed by atoms with Crippen LogP contribution in [0.1, 0.15) is 13.3 Å². The molecule has 1 nitrogen and oxygen atoms in total. The van der Waals surface area contributed by atoms with Gasteiger partial charge in [0.2, 0.25) is 0 Å². The van der Waals surface area contributed by atoms with Gasteiger partial charge >= 0.3 is 50.9 Å². The average Bonchev–Trinajstić information content (AvgIpc) is 1.35. The van der Waals surface area contributed by atoms with Crippen molar-refractivity contribution >= 4 is 28.3 Å². The summed E-state index contributed by atoms with van der Waals surface area (Å²) < 4.78 is 1.07. The van der Waals surface area contributed by atoms with Crippen LogP contribution in [0, 0.1) is 0 Å². The maximum atomic E-state index is 10.1. The van der Waals surface area contributed by atoms with Crippen LogP contribution in [0.5, 0.6) is 0 Å². The summed E-state index contributed by atoms with van der Waals surface area (Å²) in [6.07, 6.45) is 0.776. The van der Waals surface area contributed by atoms with Crippen molar-refractivity contribution in [2.45, 2.75) is 17.8 Å². The molecule has 0 saturated heterocycles. The average molecular weight is 190 g/mol. The second-order valence-corrected chi connectivity index (χ2v) is 2.63. The second-order valence-electron chi connectivity index (χ2n) is 1.20. The molecule has 2 heteroatoms. The van der Waals surface area contributed by atoms with Crippen molar-refractivity contribution in [2.75, 3.05) is 0 Å². The number of carbonyl (C=O) groups excluding carboxylic acids is 1. The van der Waals surface area contributed by atoms with Crippen molar-refractivity contribution in [2.24, 2.45) is 0 Å². The van der Waals surface area contributed by atoms with Gasteiger partial charge in [0.05, 0.1) is 0 Å². The molecule has 6 heavy (non-hydrogen) atoms. The Labute approximate surface area is 51.2 Å². The topological polar surface area (TPSA) is 17.1 Å². The molecule has 0 fully saturated rings. The third-order valence-electron chi connectivity index (χ3n) is 0.477. The fraction of sp³-hybridized carbons (Fsp3) is 0.750. The number of carbonyl (C=O) groups is 1. The van der Waals surface area contributed by atoms with Gasteiger partial charge in [-0.15, -0.1) is 0 Å². The Morgan fingerprint density at radius 1 is 1.83 bits per heavy atom. The molecular formula is C4H7OSn. The Morgan fingerprint density at radius 2 is 2.33 bits per heavy atom. The molecule has 0 aromatic rings. The minimum absolute atomic E-state index is 0.312. The quantitative estimate of drug-likeness (QED) is 0.581. The van der Waals surface area contributed by atoms with Gasteiger partial charge in [-0.1, -0.05) is 0 Å². The molecule has 3 radical (unpaired) electrons. The van der Waals surface area contributed by atoms with Gasteiger partial charge in [0.25, 0.3) is 0 Å². The van der Waals surface area contributed by atoms with Crippen molar-refractivity contribution in [3.8, 4) is 0 Å². The Hall–Kier alpha value is 0.469. The number of Topliss-reactive ketones (excluding diaryl/α,β-unsaturated/α-hetero) is 1. The van der Waals surface area contributed by atoms with Crippen LogP contribution < -0.4 is 0 Å². The van der Waals surface area contributed by atoms with Gasteiger partial charge in [-0.2, -0.15) is 0 Å². The molecule has 0 saturated carbocycles. The van der Waals surface area contributed by atoms with Crippen LogP contribution in [0.3, 0.4) is 0 Å². The van der Waals surface area contributed by atoms with Crippen LogP contribution in [0.2, 0.25) is 4.44 Å². The van der Waals surface area contributed by atoms with E-state index in [0.29, 0.717) is 5.78 Å². The van der Waals surface area contributed by atoms with Gasteiger partial charge in [0.15, 0.2) is 0 Å². The van der Waals surface area contributed by atoms with E-state index >= 15 is 0 Å². The molecule has 0 aliphatic rings. The molecule has 0 atom stereocenters. The van der Waals surface area contributed by atoms with E-state index in [1.807, 2.05) is 0 Å². The van der Waals surface area contributed by atoms with Crippen LogP contribution in [-0.2, 0) is 4.79 Å². The summed E-state index contributed by atoms with van der Waals surface area (Å²) in [6.45, 7) is 1.63. The standard InChI is InChI=1S/C4H7O.Sn/c1-3-4(2)5;/h1,3H2,2H3;. The van der Waals surface area contributed by atoms with Crippen molar-refractivity contribution in [1.29, 1.82) is 0 Å². The second kappa shape index (κ2) is 3.65. The van der Waals surface area contributed by atoms with Gasteiger partial charge in [-0.3, -0.25) is 0 Å². The minimum atomic E-state index is 0.312. The maximum absolute atomic E-state index is 10.1. The molecule has 33 valence electrons. The Kier molecular flexibility index (Phi) is 3.94. The van der Waals surface area contributed by atoms with Gasteiger partial charge in [-0.05, 0) is 0 Å². The van der Waals surface area contributed by atoms with Crippen molar-refractivity contribution in [3.63, 3.8) is 0 Å². The van der Waals surface area contributed by atoms with E-state index in [0.717, 1.165) is 10.9 Å². The molecule has 0 amide bonds. The molecule has 0 unspecified atom stereocenters. The van der Waals surface area contributed by atoms with Crippen LogP contribution in [0.25, 0.3) is 0 Å². The Balaban J connectivity index is 2.83. The number of rotatable bonds is 2. The first-order valence-corrected chi connectivity index (χ1v) is 3.93. The third-order valence-corrected chi connectivity index (χ3v) is 1.19. The summed E-state index contributed by atoms with van der Waals surface area (Å²) >= 11 is 1.46. The third kappa shape index (κ3) is 4.47. The van der Waals surface area contributed by atoms with E-state index in [-0.39, 0.29) is 0 Å². The zero-order valence-electron chi connectivity index (χ0n) is 3.82. The van der Waals surface area contributed by atoms with E-state index < -0.39 is 0 Å². The van der Waals surface area contributed by atoms with Gasteiger partial charge in [0, 0.05) is 0 Å². The summed E-state index contributed by atoms with van der Waals surface area (Å²) in [7, 11) is 0. The molecule has 0 aromatic carbocycles. The fourth-order valence-corrected chi connectivity index (χ4v) is 1.18. The molecule has 0 aromatic heterocycles. The number of hydrogen-bond acceptors (Lipinski definition) is 1. The molecule has 0 rings (SSSR count). The fourth-order valence-electron chi connectivity index (χ4n) is 0.176. The van der Waals surface area contributed by atoms with Crippen LogP contribution in [0.4, 0.5) is 0 Å². The van der Waals surface area contributed by atoms with E-state index in [9.17, 15) is 4.79 Å². The van der Waals surface area contributed by atoms with Crippen LogP contribution in [-0.4, -0.2) is 28.3 Å². The van der Waals surface area contributed by atoms with E-state index in [2.05, 4.69) is 0 Å². The van der Waals surface area contributed by atoms with Crippen molar-refractivity contribution < 1.29 is 4.79 Å². The molecule has 0 N–H and O–H groups in total. The molecule has 0 aliphatic carbocycles. The first kappa shape index (κ1) is 6.47. The summed E-state index contributed by atoms with van der Waals surface area (Å²) in [5.41, 5.74) is 0. The summed E-state index contributed by atoms with van der Waals surface area (Å²) in [4.78, 5) is 10.1. The zero-order chi connectivity index (χ0) is 4.99. The first-order valence-electron chi connectivity index (χ1n) is 1.91. The Morgan fingerprint density at radius 3 is 2.33 bits per heavy atom. The van der Waals surface area contributed by atoms with Crippen LogP contribution >= 0.6 is 0 Å². The van der Waals surface area contributed by atoms with Gasteiger partial charge in [-0.25, -0.2) is 0 Å². The Bertz CT molecular complexity index is 51.5. The number of hydrogen-bond donors (Lipinski definition) is 0. The monoisotopic (exact) mass is 191 g/mol. The van der Waals surface area contributed by atoms with E-state index in [1.165, 1.54) is 22.5 Å². The zero-order valence-corrected chi connectivity index (χ0v) is 6.68. The summed E-state index contributed by atoms with van der Waals surface area (Å²) in [5.74, 6) is 0.312. The van der Waals surface area contributed by atoms with Crippen molar-refractivity contribution in [3.05, 3.63) is 0 Å². The predicted molar refractivity (Wildman–Crippen MR) is 25.9 cm³/mol. The predicted octanol–water partition coefficient (Wildman–Crippen LogP) is 0.552. The SMILES string of the molecule is CC(=O)C[CH2][Sn]. The van der Waals surface area contributed by atoms with E-state index in [1.54, 1.807) is 6.92 Å².